The number of carbonyl (C=O) groups excluding carboxylic acids is 1. The first-order valence-electron chi connectivity index (χ1n) is 8.73. The van der Waals surface area contributed by atoms with Crippen molar-refractivity contribution in [1.82, 2.24) is 10.3 Å². The van der Waals surface area contributed by atoms with Crippen LogP contribution in [0.15, 0.2) is 24.3 Å². The molecule has 0 bridgehead atoms. The fourth-order valence-electron chi connectivity index (χ4n) is 3.13. The van der Waals surface area contributed by atoms with Gasteiger partial charge >= 0.3 is 0 Å². The summed E-state index contributed by atoms with van der Waals surface area (Å²) in [7, 11) is 0. The van der Waals surface area contributed by atoms with Crippen molar-refractivity contribution < 1.29 is 9.90 Å². The molecule has 2 heterocycles. The lowest BCUT2D eigenvalue weighted by Crippen LogP contribution is -2.42. The predicted octanol–water partition coefficient (Wildman–Crippen LogP) is 2.79. The standard InChI is InChI=1S/C18H25N3O2S/c1-2-5-14(22)12-19-17(23)13-8-10-21(11-9-13)18-20-15-6-3-4-7-16(15)24-18/h3-4,6-7,13-14,22H,2,5,8-12H2,1H3,(H,19,23). The van der Waals surface area contributed by atoms with Gasteiger partial charge in [0.15, 0.2) is 5.13 Å². The van der Waals surface area contributed by atoms with Crippen LogP contribution in [0.25, 0.3) is 10.2 Å². The van der Waals surface area contributed by atoms with Crippen LogP contribution in [-0.4, -0.2) is 41.7 Å². The maximum atomic E-state index is 12.2. The van der Waals surface area contributed by atoms with E-state index in [0.717, 1.165) is 49.4 Å². The highest BCUT2D eigenvalue weighted by molar-refractivity contribution is 7.22. The summed E-state index contributed by atoms with van der Waals surface area (Å²) in [5.41, 5.74) is 1.04. The molecule has 24 heavy (non-hydrogen) atoms. The number of thiazole rings is 1. The number of hydrogen-bond donors (Lipinski definition) is 2. The molecule has 2 aromatic rings. The number of fused-ring (bicyclic) bond motifs is 1. The molecular formula is C18H25N3O2S. The number of aliphatic hydroxyl groups excluding tert-OH is 1. The Labute approximate surface area is 146 Å². The number of carbonyl (C=O) groups is 1. The van der Waals surface area contributed by atoms with E-state index in [0.29, 0.717) is 6.54 Å². The van der Waals surface area contributed by atoms with Crippen LogP contribution < -0.4 is 10.2 Å². The number of amides is 1. The second-order valence-corrected chi connectivity index (χ2v) is 7.42. The van der Waals surface area contributed by atoms with Crippen molar-refractivity contribution in [2.45, 2.75) is 38.7 Å². The second-order valence-electron chi connectivity index (χ2n) is 6.41. The third kappa shape index (κ3) is 4.05. The van der Waals surface area contributed by atoms with Crippen molar-refractivity contribution in [3.8, 4) is 0 Å². The minimum atomic E-state index is -0.429. The molecule has 1 unspecified atom stereocenters. The summed E-state index contributed by atoms with van der Waals surface area (Å²) in [5.74, 6) is 0.124. The van der Waals surface area contributed by atoms with Gasteiger partial charge in [0.1, 0.15) is 0 Å². The number of aromatic nitrogens is 1. The molecule has 1 aliphatic rings. The lowest BCUT2D eigenvalue weighted by molar-refractivity contribution is -0.126. The highest BCUT2D eigenvalue weighted by atomic mass is 32.1. The highest BCUT2D eigenvalue weighted by Gasteiger charge is 2.26. The number of piperidine rings is 1. The van der Waals surface area contributed by atoms with Gasteiger partial charge in [-0.2, -0.15) is 0 Å². The topological polar surface area (TPSA) is 65.5 Å². The Morgan fingerprint density at radius 2 is 2.17 bits per heavy atom. The zero-order chi connectivity index (χ0) is 16.9. The van der Waals surface area contributed by atoms with Gasteiger partial charge in [-0.05, 0) is 31.4 Å². The summed E-state index contributed by atoms with van der Waals surface area (Å²) in [5, 5.41) is 13.7. The molecule has 0 saturated carbocycles. The highest BCUT2D eigenvalue weighted by Crippen LogP contribution is 2.31. The van der Waals surface area contributed by atoms with Crippen molar-refractivity contribution in [1.29, 1.82) is 0 Å². The molecule has 3 rings (SSSR count). The van der Waals surface area contributed by atoms with Crippen LogP contribution >= 0.6 is 11.3 Å². The normalized spacial score (nSPS) is 17.2. The zero-order valence-corrected chi connectivity index (χ0v) is 14.9. The minimum absolute atomic E-state index is 0.0458. The SMILES string of the molecule is CCCC(O)CNC(=O)C1CCN(c2nc3ccccc3s2)CC1. The third-order valence-corrected chi connectivity index (χ3v) is 5.65. The largest absolute Gasteiger partial charge is 0.391 e. The molecule has 1 aromatic carbocycles. The van der Waals surface area contributed by atoms with Gasteiger partial charge in [0, 0.05) is 25.6 Å². The van der Waals surface area contributed by atoms with E-state index in [1.807, 2.05) is 25.1 Å². The molecule has 1 aromatic heterocycles. The summed E-state index contributed by atoms with van der Waals surface area (Å²) < 4.78 is 1.21. The first kappa shape index (κ1) is 17.2. The Bertz CT molecular complexity index is 647. The van der Waals surface area contributed by atoms with Crippen molar-refractivity contribution >= 4 is 32.6 Å². The monoisotopic (exact) mass is 347 g/mol. The molecule has 2 N–H and O–H groups in total. The Morgan fingerprint density at radius 1 is 1.42 bits per heavy atom. The maximum absolute atomic E-state index is 12.2. The van der Waals surface area contributed by atoms with Gasteiger partial charge in [0.05, 0.1) is 16.3 Å². The van der Waals surface area contributed by atoms with Crippen LogP contribution in [0.2, 0.25) is 0 Å². The molecular weight excluding hydrogens is 322 g/mol. The number of nitrogens with zero attached hydrogens (tertiary/aromatic N) is 2. The predicted molar refractivity (Wildman–Crippen MR) is 98.5 cm³/mol. The van der Waals surface area contributed by atoms with E-state index in [1.54, 1.807) is 11.3 Å². The van der Waals surface area contributed by atoms with Crippen LogP contribution in [0.4, 0.5) is 5.13 Å². The van der Waals surface area contributed by atoms with Crippen molar-refractivity contribution in [2.75, 3.05) is 24.5 Å². The van der Waals surface area contributed by atoms with E-state index in [4.69, 9.17) is 4.98 Å². The van der Waals surface area contributed by atoms with Crippen molar-refractivity contribution in [3.63, 3.8) is 0 Å². The Hall–Kier alpha value is -1.66. The quantitative estimate of drug-likeness (QED) is 0.843. The summed E-state index contributed by atoms with van der Waals surface area (Å²) in [6, 6.07) is 8.18. The number of rotatable bonds is 6. The van der Waals surface area contributed by atoms with Gasteiger partial charge in [0.25, 0.3) is 0 Å². The summed E-state index contributed by atoms with van der Waals surface area (Å²) in [4.78, 5) is 19.2. The fraction of sp³-hybridized carbons (Fsp3) is 0.556. The molecule has 1 aliphatic heterocycles. The van der Waals surface area contributed by atoms with Gasteiger partial charge in [-0.1, -0.05) is 36.8 Å². The van der Waals surface area contributed by atoms with Crippen LogP contribution in [0.1, 0.15) is 32.6 Å². The summed E-state index contributed by atoms with van der Waals surface area (Å²) in [6.07, 6.45) is 2.91. The molecule has 1 atom stereocenters. The summed E-state index contributed by atoms with van der Waals surface area (Å²) >= 11 is 1.71. The minimum Gasteiger partial charge on any atom is -0.391 e. The average Bonchev–Trinajstić information content (AvgIpc) is 3.04. The smallest absolute Gasteiger partial charge is 0.223 e. The van der Waals surface area contributed by atoms with Gasteiger partial charge in [-0.25, -0.2) is 4.98 Å². The van der Waals surface area contributed by atoms with Crippen molar-refractivity contribution in [3.05, 3.63) is 24.3 Å². The molecule has 6 heteroatoms. The zero-order valence-electron chi connectivity index (χ0n) is 14.1. The average molecular weight is 347 g/mol. The second kappa shape index (κ2) is 7.94. The third-order valence-electron chi connectivity index (χ3n) is 4.55. The van der Waals surface area contributed by atoms with Gasteiger partial charge in [0.2, 0.25) is 5.91 Å². The van der Waals surface area contributed by atoms with Crippen LogP contribution in [0, 0.1) is 5.92 Å². The summed E-state index contributed by atoms with van der Waals surface area (Å²) in [6.45, 7) is 4.11. The molecule has 0 spiro atoms. The number of hydrogen-bond acceptors (Lipinski definition) is 5. The first-order valence-corrected chi connectivity index (χ1v) is 9.55. The van der Waals surface area contributed by atoms with E-state index in [2.05, 4.69) is 16.3 Å². The van der Waals surface area contributed by atoms with Crippen LogP contribution in [-0.2, 0) is 4.79 Å². The fourth-order valence-corrected chi connectivity index (χ4v) is 4.14. The Kier molecular flexibility index (Phi) is 5.68. The molecule has 1 saturated heterocycles. The van der Waals surface area contributed by atoms with E-state index in [9.17, 15) is 9.90 Å². The van der Waals surface area contributed by atoms with Crippen LogP contribution in [0.3, 0.4) is 0 Å². The molecule has 1 fully saturated rings. The molecule has 130 valence electrons. The molecule has 5 nitrogen and oxygen atoms in total. The Balaban J connectivity index is 1.51. The van der Waals surface area contributed by atoms with Gasteiger partial charge in [-0.15, -0.1) is 0 Å². The number of anilines is 1. The lowest BCUT2D eigenvalue weighted by atomic mass is 9.96. The molecule has 1 amide bonds. The van der Waals surface area contributed by atoms with E-state index in [1.165, 1.54) is 4.70 Å². The first-order chi connectivity index (χ1) is 11.7. The molecule has 0 radical (unpaired) electrons. The number of nitrogens with one attached hydrogen (secondary N) is 1. The Morgan fingerprint density at radius 3 is 2.88 bits per heavy atom. The number of para-hydroxylation sites is 1. The van der Waals surface area contributed by atoms with Gasteiger partial charge < -0.3 is 15.3 Å². The number of aliphatic hydroxyl groups is 1. The van der Waals surface area contributed by atoms with Crippen LogP contribution in [0.5, 0.6) is 0 Å². The van der Waals surface area contributed by atoms with E-state index in [-0.39, 0.29) is 11.8 Å². The maximum Gasteiger partial charge on any atom is 0.223 e. The molecule has 0 aliphatic carbocycles. The van der Waals surface area contributed by atoms with E-state index < -0.39 is 6.10 Å². The lowest BCUT2D eigenvalue weighted by Gasteiger charge is -2.31. The van der Waals surface area contributed by atoms with Gasteiger partial charge in [-0.3, -0.25) is 4.79 Å². The number of benzene rings is 1. The van der Waals surface area contributed by atoms with Crippen molar-refractivity contribution in [2.24, 2.45) is 5.92 Å². The van der Waals surface area contributed by atoms with E-state index >= 15 is 0 Å².